The Bertz CT molecular complexity index is 1370. The maximum absolute atomic E-state index is 13.5. The lowest BCUT2D eigenvalue weighted by atomic mass is 9.85. The second-order valence-electron chi connectivity index (χ2n) is 10.2. The molecule has 0 radical (unpaired) electrons. The van der Waals surface area contributed by atoms with Crippen molar-refractivity contribution >= 4 is 23.1 Å². The van der Waals surface area contributed by atoms with E-state index in [1.807, 2.05) is 38.1 Å². The lowest BCUT2D eigenvalue weighted by Crippen LogP contribution is -2.29. The van der Waals surface area contributed by atoms with Crippen molar-refractivity contribution in [3.05, 3.63) is 94.6 Å². The Hall–Kier alpha value is -4.06. The second kappa shape index (κ2) is 10.1. The van der Waals surface area contributed by atoms with Gasteiger partial charge in [0, 0.05) is 17.3 Å². The van der Waals surface area contributed by atoms with E-state index in [9.17, 15) is 14.7 Å². The average molecular weight is 500 g/mol. The second-order valence-corrected chi connectivity index (χ2v) is 10.2. The highest BCUT2D eigenvalue weighted by atomic mass is 16.5. The average Bonchev–Trinajstić information content (AvgIpc) is 3.13. The van der Waals surface area contributed by atoms with E-state index in [0.717, 1.165) is 16.7 Å². The van der Waals surface area contributed by atoms with Crippen molar-refractivity contribution in [3.8, 4) is 11.5 Å². The van der Waals surface area contributed by atoms with Gasteiger partial charge in [-0.2, -0.15) is 0 Å². The Kier molecular flexibility index (Phi) is 7.12. The first kappa shape index (κ1) is 26.0. The molecule has 1 aliphatic rings. The van der Waals surface area contributed by atoms with E-state index >= 15 is 0 Å². The molecule has 3 aromatic rings. The van der Waals surface area contributed by atoms with E-state index in [0.29, 0.717) is 29.4 Å². The van der Waals surface area contributed by atoms with Gasteiger partial charge in [0.2, 0.25) is 0 Å². The predicted octanol–water partition coefficient (Wildman–Crippen LogP) is 6.33. The topological polar surface area (TPSA) is 76.1 Å². The van der Waals surface area contributed by atoms with Crippen LogP contribution in [0, 0.1) is 6.92 Å². The zero-order valence-electron chi connectivity index (χ0n) is 22.2. The Morgan fingerprint density at radius 3 is 2.27 bits per heavy atom. The van der Waals surface area contributed by atoms with Crippen LogP contribution in [0.15, 0.2) is 72.3 Å². The van der Waals surface area contributed by atoms with Crippen molar-refractivity contribution in [3.63, 3.8) is 0 Å². The van der Waals surface area contributed by atoms with Crippen LogP contribution >= 0.6 is 0 Å². The highest BCUT2D eigenvalue weighted by molar-refractivity contribution is 6.51. The van der Waals surface area contributed by atoms with Crippen LogP contribution in [0.2, 0.25) is 0 Å². The Morgan fingerprint density at radius 2 is 1.68 bits per heavy atom. The van der Waals surface area contributed by atoms with E-state index < -0.39 is 17.7 Å². The van der Waals surface area contributed by atoms with E-state index in [4.69, 9.17) is 9.47 Å². The molecule has 4 rings (SSSR count). The third kappa shape index (κ3) is 4.96. The van der Waals surface area contributed by atoms with Gasteiger partial charge in [-0.1, -0.05) is 51.1 Å². The number of ketones is 1. The number of methoxy groups -OCH3 is 1. The first-order chi connectivity index (χ1) is 17.6. The van der Waals surface area contributed by atoms with Crippen molar-refractivity contribution in [1.29, 1.82) is 0 Å². The SMILES string of the molecule is CCOc1cccc(N2C(=O)C(=O)/C(=C(\O)c3ccc(OC)cc3C)C2c2ccc(C(C)(C)C)cc2)c1. The van der Waals surface area contributed by atoms with Crippen molar-refractivity contribution in [2.75, 3.05) is 18.6 Å². The van der Waals surface area contributed by atoms with E-state index in [1.54, 1.807) is 49.6 Å². The summed E-state index contributed by atoms with van der Waals surface area (Å²) in [5, 5.41) is 11.5. The summed E-state index contributed by atoms with van der Waals surface area (Å²) >= 11 is 0. The summed E-state index contributed by atoms with van der Waals surface area (Å²) in [6.07, 6.45) is 0. The molecule has 1 fully saturated rings. The largest absolute Gasteiger partial charge is 0.507 e. The van der Waals surface area contributed by atoms with Crippen LogP contribution in [0.5, 0.6) is 11.5 Å². The molecule has 37 heavy (non-hydrogen) atoms. The molecule has 1 heterocycles. The number of Topliss-reactive ketones (excluding diaryl/α,β-unsaturated/α-hetero) is 1. The number of carbonyl (C=O) groups excluding carboxylic acids is 2. The molecular weight excluding hydrogens is 466 g/mol. The molecule has 6 nitrogen and oxygen atoms in total. The van der Waals surface area contributed by atoms with Crippen LogP contribution < -0.4 is 14.4 Å². The van der Waals surface area contributed by atoms with Gasteiger partial charge in [-0.05, 0) is 66.3 Å². The lowest BCUT2D eigenvalue weighted by Gasteiger charge is -2.27. The monoisotopic (exact) mass is 499 g/mol. The molecular formula is C31H33NO5. The molecule has 0 bridgehead atoms. The molecule has 0 saturated carbocycles. The third-order valence-electron chi connectivity index (χ3n) is 6.63. The number of anilines is 1. The normalized spacial score (nSPS) is 17.2. The van der Waals surface area contributed by atoms with Gasteiger partial charge in [0.05, 0.1) is 25.3 Å². The molecule has 1 atom stereocenters. The number of carbonyl (C=O) groups is 2. The number of ether oxygens (including phenoxy) is 2. The van der Waals surface area contributed by atoms with E-state index in [-0.39, 0.29) is 16.7 Å². The first-order valence-electron chi connectivity index (χ1n) is 12.4. The van der Waals surface area contributed by atoms with Crippen molar-refractivity contribution in [2.24, 2.45) is 0 Å². The number of aryl methyl sites for hydroxylation is 1. The summed E-state index contributed by atoms with van der Waals surface area (Å²) in [5.41, 5.74) is 3.54. The van der Waals surface area contributed by atoms with Crippen molar-refractivity contribution in [1.82, 2.24) is 0 Å². The van der Waals surface area contributed by atoms with Crippen LogP contribution in [-0.4, -0.2) is 30.5 Å². The fourth-order valence-electron chi connectivity index (χ4n) is 4.64. The number of aliphatic hydroxyl groups excluding tert-OH is 1. The zero-order chi connectivity index (χ0) is 26.9. The molecule has 1 unspecified atom stereocenters. The highest BCUT2D eigenvalue weighted by Gasteiger charge is 2.47. The smallest absolute Gasteiger partial charge is 0.300 e. The van der Waals surface area contributed by atoms with Gasteiger partial charge < -0.3 is 14.6 Å². The van der Waals surface area contributed by atoms with Gasteiger partial charge in [0.25, 0.3) is 11.7 Å². The van der Waals surface area contributed by atoms with Crippen LogP contribution in [0.25, 0.3) is 5.76 Å². The molecule has 6 heteroatoms. The Morgan fingerprint density at radius 1 is 0.973 bits per heavy atom. The summed E-state index contributed by atoms with van der Waals surface area (Å²) in [6.45, 7) is 10.6. The summed E-state index contributed by atoms with van der Waals surface area (Å²) < 4.78 is 10.9. The number of amides is 1. The Balaban J connectivity index is 1.93. The summed E-state index contributed by atoms with van der Waals surface area (Å²) in [6, 6.07) is 19.3. The fraction of sp³-hybridized carbons (Fsp3) is 0.290. The van der Waals surface area contributed by atoms with Crippen LogP contribution in [0.4, 0.5) is 5.69 Å². The van der Waals surface area contributed by atoms with Gasteiger partial charge in [0.1, 0.15) is 17.3 Å². The zero-order valence-corrected chi connectivity index (χ0v) is 22.2. The number of hydrogen-bond donors (Lipinski definition) is 1. The van der Waals surface area contributed by atoms with Gasteiger partial charge in [0.15, 0.2) is 0 Å². The molecule has 1 aliphatic heterocycles. The maximum atomic E-state index is 13.5. The predicted molar refractivity (Wildman–Crippen MR) is 145 cm³/mol. The maximum Gasteiger partial charge on any atom is 0.300 e. The van der Waals surface area contributed by atoms with E-state index in [2.05, 4.69) is 20.8 Å². The van der Waals surface area contributed by atoms with Crippen molar-refractivity contribution in [2.45, 2.75) is 46.1 Å². The first-order valence-corrected chi connectivity index (χ1v) is 12.4. The molecule has 1 saturated heterocycles. The summed E-state index contributed by atoms with van der Waals surface area (Å²) in [7, 11) is 1.57. The summed E-state index contributed by atoms with van der Waals surface area (Å²) in [5.74, 6) is -0.427. The van der Waals surface area contributed by atoms with Gasteiger partial charge in [-0.15, -0.1) is 0 Å². The molecule has 0 aromatic heterocycles. The molecule has 0 spiro atoms. The quantitative estimate of drug-likeness (QED) is 0.244. The Labute approximate surface area is 218 Å². The number of hydrogen-bond acceptors (Lipinski definition) is 5. The molecule has 3 aromatic carbocycles. The van der Waals surface area contributed by atoms with Gasteiger partial charge in [-0.25, -0.2) is 0 Å². The summed E-state index contributed by atoms with van der Waals surface area (Å²) in [4.78, 5) is 28.4. The molecule has 1 amide bonds. The third-order valence-corrected chi connectivity index (χ3v) is 6.63. The number of nitrogens with zero attached hydrogens (tertiary/aromatic N) is 1. The molecule has 1 N–H and O–H groups in total. The number of benzene rings is 3. The van der Waals surface area contributed by atoms with Crippen LogP contribution in [-0.2, 0) is 15.0 Å². The fourth-order valence-corrected chi connectivity index (χ4v) is 4.64. The van der Waals surface area contributed by atoms with Crippen LogP contribution in [0.3, 0.4) is 0 Å². The number of aliphatic hydroxyl groups is 1. The lowest BCUT2D eigenvalue weighted by molar-refractivity contribution is -0.132. The van der Waals surface area contributed by atoms with Crippen LogP contribution in [0.1, 0.15) is 56.0 Å². The highest BCUT2D eigenvalue weighted by Crippen LogP contribution is 2.43. The van der Waals surface area contributed by atoms with Gasteiger partial charge >= 0.3 is 0 Å². The molecule has 192 valence electrons. The number of rotatable bonds is 6. The standard InChI is InChI=1S/C31H33NO5/c1-7-37-24-10-8-9-22(18-24)32-27(20-11-13-21(14-12-20)31(3,4)5)26(29(34)30(32)35)28(33)25-16-15-23(36-6)17-19(25)2/h8-18,27,33H,7H2,1-6H3/b28-26-. The van der Waals surface area contributed by atoms with Crippen molar-refractivity contribution < 1.29 is 24.2 Å². The minimum atomic E-state index is -0.813. The minimum absolute atomic E-state index is 0.0450. The van der Waals surface area contributed by atoms with Gasteiger partial charge in [-0.3, -0.25) is 14.5 Å². The minimum Gasteiger partial charge on any atom is -0.507 e. The molecule has 0 aliphatic carbocycles. The van der Waals surface area contributed by atoms with E-state index in [1.165, 1.54) is 4.90 Å².